The van der Waals surface area contributed by atoms with Crippen molar-refractivity contribution in [3.05, 3.63) is 17.3 Å². The molecule has 0 amide bonds. The summed E-state index contributed by atoms with van der Waals surface area (Å²) in [5, 5.41) is 14.8. The number of anilines is 1. The Morgan fingerprint density at radius 3 is 3.14 bits per heavy atom. The quantitative estimate of drug-likeness (QED) is 0.802. The van der Waals surface area contributed by atoms with Gasteiger partial charge in [-0.15, -0.1) is 11.3 Å². The number of fused-ring (bicyclic) bond motifs is 1. The van der Waals surface area contributed by atoms with Gasteiger partial charge in [-0.2, -0.15) is 0 Å². The number of aliphatic hydroxyl groups excluding tert-OH is 1. The second kappa shape index (κ2) is 3.89. The molecule has 5 heteroatoms. The summed E-state index contributed by atoms with van der Waals surface area (Å²) < 4.78 is 0. The van der Waals surface area contributed by atoms with Gasteiger partial charge in [0.15, 0.2) is 0 Å². The highest BCUT2D eigenvalue weighted by Gasteiger charge is 2.05. The first-order chi connectivity index (χ1) is 6.81. The summed E-state index contributed by atoms with van der Waals surface area (Å²) in [6.07, 6.45) is 0. The molecule has 0 aliphatic rings. The Labute approximate surface area is 85.6 Å². The predicted molar refractivity (Wildman–Crippen MR) is 57.7 cm³/mol. The molecule has 74 valence electrons. The minimum absolute atomic E-state index is 0.106. The maximum absolute atomic E-state index is 8.72. The average Bonchev–Trinajstić information content (AvgIpc) is 2.61. The number of thiophene rings is 1. The monoisotopic (exact) mass is 209 g/mol. The minimum Gasteiger partial charge on any atom is -0.395 e. The van der Waals surface area contributed by atoms with Crippen LogP contribution in [0.25, 0.3) is 10.2 Å². The van der Waals surface area contributed by atoms with E-state index in [1.807, 2.05) is 18.4 Å². The molecule has 0 fully saturated rings. The van der Waals surface area contributed by atoms with Crippen LogP contribution in [0.5, 0.6) is 0 Å². The molecule has 2 rings (SSSR count). The molecule has 0 aromatic carbocycles. The Bertz CT molecular complexity index is 441. The molecule has 2 aromatic rings. The molecule has 2 heterocycles. The average molecular weight is 209 g/mol. The van der Waals surface area contributed by atoms with E-state index in [0.29, 0.717) is 6.54 Å². The van der Waals surface area contributed by atoms with E-state index in [4.69, 9.17) is 5.11 Å². The highest BCUT2D eigenvalue weighted by atomic mass is 32.1. The van der Waals surface area contributed by atoms with Crippen LogP contribution >= 0.6 is 11.3 Å². The molecular weight excluding hydrogens is 198 g/mol. The number of nitrogens with one attached hydrogen (secondary N) is 1. The van der Waals surface area contributed by atoms with E-state index in [1.54, 1.807) is 11.3 Å². The zero-order valence-electron chi connectivity index (χ0n) is 7.82. The van der Waals surface area contributed by atoms with Crippen LogP contribution in [0.15, 0.2) is 11.4 Å². The molecule has 0 radical (unpaired) electrons. The highest BCUT2D eigenvalue weighted by Crippen LogP contribution is 2.24. The van der Waals surface area contributed by atoms with Crippen molar-refractivity contribution >= 4 is 27.4 Å². The van der Waals surface area contributed by atoms with E-state index >= 15 is 0 Å². The number of hydrogen-bond acceptors (Lipinski definition) is 5. The summed E-state index contributed by atoms with van der Waals surface area (Å²) in [4.78, 5) is 9.58. The summed E-state index contributed by atoms with van der Waals surface area (Å²) in [6, 6.07) is 1.99. The summed E-state index contributed by atoms with van der Waals surface area (Å²) in [5.41, 5.74) is 0. The SMILES string of the molecule is Cc1nc(NCCO)c2ccsc2n1. The van der Waals surface area contributed by atoms with E-state index in [2.05, 4.69) is 15.3 Å². The first-order valence-electron chi connectivity index (χ1n) is 4.38. The van der Waals surface area contributed by atoms with Gasteiger partial charge < -0.3 is 10.4 Å². The third-order valence-electron chi connectivity index (χ3n) is 1.84. The fourth-order valence-electron chi connectivity index (χ4n) is 1.27. The smallest absolute Gasteiger partial charge is 0.138 e. The Morgan fingerprint density at radius 1 is 1.50 bits per heavy atom. The molecule has 0 bridgehead atoms. The predicted octanol–water partition coefficient (Wildman–Crippen LogP) is 1.40. The minimum atomic E-state index is 0.106. The van der Waals surface area contributed by atoms with Gasteiger partial charge in [-0.25, -0.2) is 9.97 Å². The lowest BCUT2D eigenvalue weighted by atomic mass is 10.3. The van der Waals surface area contributed by atoms with Crippen molar-refractivity contribution in [3.63, 3.8) is 0 Å². The molecular formula is C9H11N3OS. The molecule has 2 N–H and O–H groups in total. The number of nitrogens with zero attached hydrogens (tertiary/aromatic N) is 2. The van der Waals surface area contributed by atoms with Crippen LogP contribution in [-0.2, 0) is 0 Å². The zero-order chi connectivity index (χ0) is 9.97. The molecule has 0 spiro atoms. The summed E-state index contributed by atoms with van der Waals surface area (Å²) in [6.45, 7) is 2.49. The molecule has 14 heavy (non-hydrogen) atoms. The third-order valence-corrected chi connectivity index (χ3v) is 2.65. The maximum atomic E-state index is 8.72. The lowest BCUT2D eigenvalue weighted by molar-refractivity contribution is 0.311. The van der Waals surface area contributed by atoms with Crippen molar-refractivity contribution in [1.29, 1.82) is 0 Å². The van der Waals surface area contributed by atoms with Crippen LogP contribution in [0.1, 0.15) is 5.82 Å². The molecule has 0 aliphatic carbocycles. The molecule has 0 saturated carbocycles. The lowest BCUT2D eigenvalue weighted by Crippen LogP contribution is -2.08. The van der Waals surface area contributed by atoms with Gasteiger partial charge in [0.05, 0.1) is 12.0 Å². The number of rotatable bonds is 3. The van der Waals surface area contributed by atoms with Crippen LogP contribution in [0.2, 0.25) is 0 Å². The molecule has 4 nitrogen and oxygen atoms in total. The highest BCUT2D eigenvalue weighted by molar-refractivity contribution is 7.16. The zero-order valence-corrected chi connectivity index (χ0v) is 8.64. The van der Waals surface area contributed by atoms with E-state index in [9.17, 15) is 0 Å². The van der Waals surface area contributed by atoms with Gasteiger partial charge in [-0.1, -0.05) is 0 Å². The van der Waals surface area contributed by atoms with Crippen LogP contribution in [0.4, 0.5) is 5.82 Å². The van der Waals surface area contributed by atoms with Gasteiger partial charge in [-0.05, 0) is 18.4 Å². The number of aryl methyl sites for hydroxylation is 1. The molecule has 0 aliphatic heterocycles. The fourth-order valence-corrected chi connectivity index (χ4v) is 2.08. The van der Waals surface area contributed by atoms with Gasteiger partial charge >= 0.3 is 0 Å². The van der Waals surface area contributed by atoms with E-state index in [0.717, 1.165) is 21.9 Å². The van der Waals surface area contributed by atoms with Gasteiger partial charge in [0.25, 0.3) is 0 Å². The standard InChI is InChI=1S/C9H11N3OS/c1-6-11-8(10-3-4-13)7-2-5-14-9(7)12-6/h2,5,13H,3-4H2,1H3,(H,10,11,12). The van der Waals surface area contributed by atoms with E-state index < -0.39 is 0 Å². The second-order valence-corrected chi connectivity index (χ2v) is 3.80. The number of hydrogen-bond donors (Lipinski definition) is 2. The van der Waals surface area contributed by atoms with Crippen LogP contribution < -0.4 is 5.32 Å². The number of aromatic nitrogens is 2. The largest absolute Gasteiger partial charge is 0.395 e. The van der Waals surface area contributed by atoms with Crippen molar-refractivity contribution in [2.45, 2.75) is 6.92 Å². The fraction of sp³-hybridized carbons (Fsp3) is 0.333. The molecule has 0 atom stereocenters. The normalized spacial score (nSPS) is 10.7. The van der Waals surface area contributed by atoms with E-state index in [-0.39, 0.29) is 6.61 Å². The third kappa shape index (κ3) is 1.69. The lowest BCUT2D eigenvalue weighted by Gasteiger charge is -2.05. The van der Waals surface area contributed by atoms with Crippen molar-refractivity contribution in [3.8, 4) is 0 Å². The van der Waals surface area contributed by atoms with Gasteiger partial charge in [0.2, 0.25) is 0 Å². The first kappa shape index (κ1) is 9.36. The van der Waals surface area contributed by atoms with Crippen LogP contribution in [-0.4, -0.2) is 28.2 Å². The van der Waals surface area contributed by atoms with Gasteiger partial charge in [0, 0.05) is 6.54 Å². The molecule has 0 unspecified atom stereocenters. The Balaban J connectivity index is 2.44. The molecule has 0 saturated heterocycles. The summed E-state index contributed by atoms with van der Waals surface area (Å²) in [5.74, 6) is 1.56. The number of aliphatic hydroxyl groups is 1. The Hall–Kier alpha value is -1.20. The van der Waals surface area contributed by atoms with Gasteiger partial charge in [0.1, 0.15) is 16.5 Å². The Morgan fingerprint density at radius 2 is 2.36 bits per heavy atom. The van der Waals surface area contributed by atoms with Crippen molar-refractivity contribution < 1.29 is 5.11 Å². The molecule has 2 aromatic heterocycles. The second-order valence-electron chi connectivity index (χ2n) is 2.91. The summed E-state index contributed by atoms with van der Waals surface area (Å²) >= 11 is 1.60. The first-order valence-corrected chi connectivity index (χ1v) is 5.26. The van der Waals surface area contributed by atoms with Crippen LogP contribution in [0, 0.1) is 6.92 Å². The van der Waals surface area contributed by atoms with Crippen LogP contribution in [0.3, 0.4) is 0 Å². The topological polar surface area (TPSA) is 58.0 Å². The van der Waals surface area contributed by atoms with Crippen molar-refractivity contribution in [2.24, 2.45) is 0 Å². The van der Waals surface area contributed by atoms with E-state index in [1.165, 1.54) is 0 Å². The Kier molecular flexibility index (Phi) is 2.60. The summed E-state index contributed by atoms with van der Waals surface area (Å²) in [7, 11) is 0. The van der Waals surface area contributed by atoms with Gasteiger partial charge in [-0.3, -0.25) is 0 Å². The maximum Gasteiger partial charge on any atom is 0.138 e. The van der Waals surface area contributed by atoms with Crippen molar-refractivity contribution in [2.75, 3.05) is 18.5 Å². The van der Waals surface area contributed by atoms with Crippen molar-refractivity contribution in [1.82, 2.24) is 9.97 Å².